The van der Waals surface area contributed by atoms with Crippen LogP contribution in [0.2, 0.25) is 0 Å². The maximum Gasteiger partial charge on any atom is 0.224 e. The number of rotatable bonds is 0. The molecule has 1 unspecified atom stereocenters. The van der Waals surface area contributed by atoms with E-state index in [2.05, 4.69) is 32.9 Å². The molecule has 1 aromatic rings. The van der Waals surface area contributed by atoms with Crippen LogP contribution >= 0.6 is 0 Å². The van der Waals surface area contributed by atoms with Crippen LogP contribution in [0.15, 0.2) is 12.1 Å². The Labute approximate surface area is 90.9 Å². The van der Waals surface area contributed by atoms with E-state index in [1.54, 1.807) is 6.92 Å². The van der Waals surface area contributed by atoms with Crippen molar-refractivity contribution in [3.8, 4) is 0 Å². The summed E-state index contributed by atoms with van der Waals surface area (Å²) >= 11 is 0. The van der Waals surface area contributed by atoms with Gasteiger partial charge < -0.3 is 4.90 Å². The van der Waals surface area contributed by atoms with Gasteiger partial charge in [0.15, 0.2) is 0 Å². The number of amides is 1. The van der Waals surface area contributed by atoms with E-state index in [4.69, 9.17) is 0 Å². The standard InChI is InChI=1S/C13H17NO/c1-8-5-9(2)12-7-10(3)14(11(4)15)13(12)6-8/h5-6,10H,7H2,1-4H3. The molecule has 15 heavy (non-hydrogen) atoms. The summed E-state index contributed by atoms with van der Waals surface area (Å²) in [7, 11) is 0. The molecule has 0 aromatic heterocycles. The molecule has 1 aromatic carbocycles. The third-order valence-corrected chi connectivity index (χ3v) is 3.13. The van der Waals surface area contributed by atoms with E-state index < -0.39 is 0 Å². The highest BCUT2D eigenvalue weighted by molar-refractivity contribution is 5.94. The Morgan fingerprint density at radius 1 is 1.40 bits per heavy atom. The van der Waals surface area contributed by atoms with Crippen LogP contribution < -0.4 is 4.90 Å². The van der Waals surface area contributed by atoms with Crippen LogP contribution in [0.4, 0.5) is 5.69 Å². The van der Waals surface area contributed by atoms with Crippen LogP contribution in [0.5, 0.6) is 0 Å². The van der Waals surface area contributed by atoms with Crippen molar-refractivity contribution >= 4 is 11.6 Å². The summed E-state index contributed by atoms with van der Waals surface area (Å²) in [6, 6.07) is 4.61. The Hall–Kier alpha value is -1.31. The molecule has 0 aliphatic carbocycles. The van der Waals surface area contributed by atoms with Crippen molar-refractivity contribution in [1.82, 2.24) is 0 Å². The Balaban J connectivity index is 2.58. The number of hydrogen-bond acceptors (Lipinski definition) is 1. The molecular weight excluding hydrogens is 186 g/mol. The molecule has 1 aliphatic heterocycles. The first-order chi connectivity index (χ1) is 7.00. The first-order valence-corrected chi connectivity index (χ1v) is 5.40. The summed E-state index contributed by atoms with van der Waals surface area (Å²) in [5, 5.41) is 0. The van der Waals surface area contributed by atoms with Crippen molar-refractivity contribution in [3.05, 3.63) is 28.8 Å². The minimum absolute atomic E-state index is 0.145. The number of nitrogens with zero attached hydrogens (tertiary/aromatic N) is 1. The number of benzene rings is 1. The zero-order valence-electron chi connectivity index (χ0n) is 9.79. The average Bonchev–Trinajstić information content (AvgIpc) is 2.41. The van der Waals surface area contributed by atoms with Gasteiger partial charge in [0.2, 0.25) is 5.91 Å². The van der Waals surface area contributed by atoms with Crippen LogP contribution in [0.1, 0.15) is 30.5 Å². The highest BCUT2D eigenvalue weighted by atomic mass is 16.2. The number of carbonyl (C=O) groups excluding carboxylic acids is 1. The molecular formula is C13H17NO. The highest BCUT2D eigenvalue weighted by Crippen LogP contribution is 2.35. The summed E-state index contributed by atoms with van der Waals surface area (Å²) in [6.07, 6.45) is 0.987. The minimum atomic E-state index is 0.145. The lowest BCUT2D eigenvalue weighted by atomic mass is 10.0. The SMILES string of the molecule is CC(=O)N1c2cc(C)cc(C)c2CC1C. The predicted octanol–water partition coefficient (Wildman–Crippen LogP) is 2.60. The smallest absolute Gasteiger partial charge is 0.224 e. The van der Waals surface area contributed by atoms with Crippen LogP contribution in [0.3, 0.4) is 0 Å². The molecule has 0 saturated heterocycles. The van der Waals surface area contributed by atoms with E-state index in [-0.39, 0.29) is 5.91 Å². The van der Waals surface area contributed by atoms with E-state index in [1.807, 2.05) is 4.90 Å². The molecule has 0 spiro atoms. The monoisotopic (exact) mass is 203 g/mol. The van der Waals surface area contributed by atoms with E-state index in [0.717, 1.165) is 12.1 Å². The van der Waals surface area contributed by atoms with Gasteiger partial charge in [-0.2, -0.15) is 0 Å². The van der Waals surface area contributed by atoms with Gasteiger partial charge in [-0.15, -0.1) is 0 Å². The molecule has 1 heterocycles. The largest absolute Gasteiger partial charge is 0.309 e. The van der Waals surface area contributed by atoms with Gasteiger partial charge in [-0.25, -0.2) is 0 Å². The zero-order chi connectivity index (χ0) is 11.2. The lowest BCUT2D eigenvalue weighted by Gasteiger charge is -2.21. The fourth-order valence-corrected chi connectivity index (χ4v) is 2.56. The van der Waals surface area contributed by atoms with Crippen LogP contribution in [0.25, 0.3) is 0 Å². The van der Waals surface area contributed by atoms with Crippen molar-refractivity contribution in [2.45, 2.75) is 40.2 Å². The van der Waals surface area contributed by atoms with Crippen molar-refractivity contribution in [2.75, 3.05) is 4.90 Å². The molecule has 0 N–H and O–H groups in total. The lowest BCUT2D eigenvalue weighted by molar-refractivity contribution is -0.116. The maximum absolute atomic E-state index is 11.6. The van der Waals surface area contributed by atoms with Crippen molar-refractivity contribution in [2.24, 2.45) is 0 Å². The average molecular weight is 203 g/mol. The summed E-state index contributed by atoms with van der Waals surface area (Å²) < 4.78 is 0. The molecule has 2 rings (SSSR count). The third kappa shape index (κ3) is 1.54. The van der Waals surface area contributed by atoms with Crippen molar-refractivity contribution in [1.29, 1.82) is 0 Å². The minimum Gasteiger partial charge on any atom is -0.309 e. The Kier molecular flexibility index (Phi) is 2.29. The topological polar surface area (TPSA) is 20.3 Å². The Bertz CT molecular complexity index is 423. The molecule has 0 saturated carbocycles. The fraction of sp³-hybridized carbons (Fsp3) is 0.462. The molecule has 1 amide bonds. The number of aryl methyl sites for hydroxylation is 2. The highest BCUT2D eigenvalue weighted by Gasteiger charge is 2.29. The van der Waals surface area contributed by atoms with Crippen molar-refractivity contribution < 1.29 is 4.79 Å². The molecule has 0 fully saturated rings. The number of fused-ring (bicyclic) bond motifs is 1. The fourth-order valence-electron chi connectivity index (χ4n) is 2.56. The van der Waals surface area contributed by atoms with Crippen LogP contribution in [-0.4, -0.2) is 11.9 Å². The molecule has 1 atom stereocenters. The quantitative estimate of drug-likeness (QED) is 0.634. The number of anilines is 1. The lowest BCUT2D eigenvalue weighted by Crippen LogP contribution is -2.33. The van der Waals surface area contributed by atoms with Crippen molar-refractivity contribution in [3.63, 3.8) is 0 Å². The Morgan fingerprint density at radius 2 is 2.07 bits per heavy atom. The van der Waals surface area contributed by atoms with E-state index >= 15 is 0 Å². The summed E-state index contributed by atoms with van der Waals surface area (Å²) in [5.74, 6) is 0.145. The maximum atomic E-state index is 11.6. The second kappa shape index (κ2) is 3.37. The summed E-state index contributed by atoms with van der Waals surface area (Å²) in [6.45, 7) is 7.95. The molecule has 80 valence electrons. The van der Waals surface area contributed by atoms with Gasteiger partial charge in [0.05, 0.1) is 0 Å². The van der Waals surface area contributed by atoms with Gasteiger partial charge in [0, 0.05) is 18.7 Å². The van der Waals surface area contributed by atoms with E-state index in [1.165, 1.54) is 16.7 Å². The zero-order valence-corrected chi connectivity index (χ0v) is 9.79. The van der Waals surface area contributed by atoms with E-state index in [0.29, 0.717) is 6.04 Å². The third-order valence-electron chi connectivity index (χ3n) is 3.13. The van der Waals surface area contributed by atoms with Gasteiger partial charge >= 0.3 is 0 Å². The molecule has 2 heteroatoms. The Morgan fingerprint density at radius 3 is 2.67 bits per heavy atom. The normalized spacial score (nSPS) is 19.2. The van der Waals surface area contributed by atoms with Crippen LogP contribution in [0, 0.1) is 13.8 Å². The van der Waals surface area contributed by atoms with Gasteiger partial charge in [-0.1, -0.05) is 6.07 Å². The molecule has 2 nitrogen and oxygen atoms in total. The number of carbonyl (C=O) groups is 1. The molecule has 0 radical (unpaired) electrons. The van der Waals surface area contributed by atoms with Gasteiger partial charge in [0.25, 0.3) is 0 Å². The van der Waals surface area contributed by atoms with Gasteiger partial charge in [-0.05, 0) is 49.9 Å². The van der Waals surface area contributed by atoms with Gasteiger partial charge in [0.1, 0.15) is 0 Å². The number of hydrogen-bond donors (Lipinski definition) is 0. The van der Waals surface area contributed by atoms with E-state index in [9.17, 15) is 4.79 Å². The van der Waals surface area contributed by atoms with Crippen LogP contribution in [-0.2, 0) is 11.2 Å². The predicted molar refractivity (Wildman–Crippen MR) is 62.2 cm³/mol. The molecule has 1 aliphatic rings. The molecule has 0 bridgehead atoms. The second-order valence-corrected chi connectivity index (χ2v) is 4.52. The van der Waals surface area contributed by atoms with Gasteiger partial charge in [-0.3, -0.25) is 4.79 Å². The summed E-state index contributed by atoms with van der Waals surface area (Å²) in [4.78, 5) is 13.5. The first-order valence-electron chi connectivity index (χ1n) is 5.40. The second-order valence-electron chi connectivity index (χ2n) is 4.52. The summed E-state index contributed by atoms with van der Waals surface area (Å²) in [5.41, 5.74) is 4.99. The first kappa shape index (κ1) is 10.2.